The number of rotatable bonds is 4. The Morgan fingerprint density at radius 1 is 1.44 bits per heavy atom. The van der Waals surface area contributed by atoms with Crippen LogP contribution >= 0.6 is 15.9 Å². The van der Waals surface area contributed by atoms with E-state index >= 15 is 0 Å². The number of halogens is 1. The smallest absolute Gasteiger partial charge is 0.311 e. The number of carbonyl (C=O) groups excluding carboxylic acids is 1. The Labute approximate surface area is 104 Å². The maximum absolute atomic E-state index is 11.1. The van der Waals surface area contributed by atoms with Crippen LogP contribution in [-0.4, -0.2) is 12.6 Å². The van der Waals surface area contributed by atoms with Gasteiger partial charge in [0.25, 0.3) is 0 Å². The summed E-state index contributed by atoms with van der Waals surface area (Å²) in [4.78, 5) is 11.1. The van der Waals surface area contributed by atoms with Crippen LogP contribution in [0, 0.1) is 0 Å². The van der Waals surface area contributed by atoms with Crippen molar-refractivity contribution >= 4 is 28.0 Å². The van der Waals surface area contributed by atoms with Crippen LogP contribution in [0.2, 0.25) is 0 Å². The summed E-state index contributed by atoms with van der Waals surface area (Å²) in [6.45, 7) is 2.19. The summed E-state index contributed by atoms with van der Waals surface area (Å²) >= 11 is 3.28. The van der Waals surface area contributed by atoms with E-state index in [2.05, 4.69) is 21.7 Å². The van der Waals surface area contributed by atoms with E-state index < -0.39 is 0 Å². The fraction of sp³-hybridized carbons (Fsp3) is 0.231. The maximum Gasteiger partial charge on any atom is 0.311 e. The Hall–Kier alpha value is -1.31. The van der Waals surface area contributed by atoms with Crippen molar-refractivity contribution in [2.75, 3.05) is 6.61 Å². The average Bonchev–Trinajstić information content (AvgIpc) is 2.28. The fourth-order valence-corrected chi connectivity index (χ4v) is 1.44. The van der Waals surface area contributed by atoms with Gasteiger partial charge in [-0.15, -0.1) is 5.73 Å². The first kappa shape index (κ1) is 12.8. The lowest BCUT2D eigenvalue weighted by Gasteiger charge is -1.98. The van der Waals surface area contributed by atoms with Crippen LogP contribution in [0.3, 0.4) is 0 Å². The minimum Gasteiger partial charge on any atom is -0.466 e. The standard InChI is InChI=1S/C13H13BrO2/c1-2-16-13(15)10-12(14)9-8-11-6-4-3-5-7-11/h3-8H,2,10H2,1H3. The molecule has 1 aromatic carbocycles. The Morgan fingerprint density at radius 2 is 2.12 bits per heavy atom. The zero-order valence-electron chi connectivity index (χ0n) is 9.07. The molecular weight excluding hydrogens is 268 g/mol. The Kier molecular flexibility index (Phi) is 5.62. The summed E-state index contributed by atoms with van der Waals surface area (Å²) in [6.07, 6.45) is 2.04. The molecule has 0 aliphatic heterocycles. The van der Waals surface area contributed by atoms with Crippen molar-refractivity contribution in [2.45, 2.75) is 13.3 Å². The lowest BCUT2D eigenvalue weighted by Crippen LogP contribution is -2.02. The molecule has 0 atom stereocenters. The maximum atomic E-state index is 11.1. The van der Waals surface area contributed by atoms with Crippen LogP contribution in [0.25, 0.3) is 6.08 Å². The molecule has 0 bridgehead atoms. The van der Waals surface area contributed by atoms with Gasteiger partial charge in [0.15, 0.2) is 0 Å². The minimum absolute atomic E-state index is 0.219. The van der Waals surface area contributed by atoms with Gasteiger partial charge in [0.1, 0.15) is 0 Å². The molecule has 16 heavy (non-hydrogen) atoms. The molecule has 0 spiro atoms. The molecule has 0 aromatic heterocycles. The largest absolute Gasteiger partial charge is 0.466 e. The van der Waals surface area contributed by atoms with E-state index in [9.17, 15) is 4.79 Å². The Balaban J connectivity index is 2.63. The van der Waals surface area contributed by atoms with Crippen LogP contribution in [0.4, 0.5) is 0 Å². The first-order chi connectivity index (χ1) is 7.72. The molecule has 0 aliphatic rings. The molecule has 0 N–H and O–H groups in total. The fourth-order valence-electron chi connectivity index (χ4n) is 1.10. The highest BCUT2D eigenvalue weighted by Crippen LogP contribution is 2.10. The molecule has 3 heteroatoms. The monoisotopic (exact) mass is 280 g/mol. The van der Waals surface area contributed by atoms with Crippen molar-refractivity contribution in [1.82, 2.24) is 0 Å². The molecule has 84 valence electrons. The summed E-state index contributed by atoms with van der Waals surface area (Å²) in [5.74, 6) is -0.247. The molecule has 0 heterocycles. The number of hydrogen-bond donors (Lipinski definition) is 0. The highest BCUT2D eigenvalue weighted by molar-refractivity contribution is 9.11. The highest BCUT2D eigenvalue weighted by Gasteiger charge is 2.02. The molecule has 0 unspecified atom stereocenters. The first-order valence-corrected chi connectivity index (χ1v) is 5.83. The van der Waals surface area contributed by atoms with Crippen molar-refractivity contribution in [3.8, 4) is 0 Å². The molecule has 0 fully saturated rings. The summed E-state index contributed by atoms with van der Waals surface area (Å²) in [6, 6.07) is 9.80. The van der Waals surface area contributed by atoms with Gasteiger partial charge in [0, 0.05) is 4.48 Å². The Bertz CT molecular complexity index is 403. The van der Waals surface area contributed by atoms with Crippen molar-refractivity contribution in [3.63, 3.8) is 0 Å². The predicted octanol–water partition coefficient (Wildman–Crippen LogP) is 3.53. The number of carbonyl (C=O) groups is 1. The van der Waals surface area contributed by atoms with Gasteiger partial charge in [-0.05, 0) is 34.5 Å². The van der Waals surface area contributed by atoms with Crippen LogP contribution in [0.1, 0.15) is 18.9 Å². The van der Waals surface area contributed by atoms with Crippen LogP contribution in [0.15, 0.2) is 40.5 Å². The zero-order valence-corrected chi connectivity index (χ0v) is 10.7. The van der Waals surface area contributed by atoms with E-state index in [1.807, 2.05) is 36.4 Å². The molecule has 0 aliphatic carbocycles. The van der Waals surface area contributed by atoms with E-state index in [0.29, 0.717) is 11.1 Å². The zero-order chi connectivity index (χ0) is 11.8. The molecule has 1 rings (SSSR count). The van der Waals surface area contributed by atoms with Crippen LogP contribution < -0.4 is 0 Å². The third-order valence-electron chi connectivity index (χ3n) is 1.80. The van der Waals surface area contributed by atoms with Gasteiger partial charge in [-0.1, -0.05) is 30.3 Å². The van der Waals surface area contributed by atoms with Crippen molar-refractivity contribution in [2.24, 2.45) is 0 Å². The summed E-state index contributed by atoms with van der Waals surface area (Å²) < 4.78 is 5.51. The predicted molar refractivity (Wildman–Crippen MR) is 68.1 cm³/mol. The molecule has 2 nitrogen and oxygen atoms in total. The summed E-state index contributed by atoms with van der Waals surface area (Å²) in [7, 11) is 0. The normalized spacial score (nSPS) is 9.12. The highest BCUT2D eigenvalue weighted by atomic mass is 79.9. The van der Waals surface area contributed by atoms with Gasteiger partial charge >= 0.3 is 5.97 Å². The van der Waals surface area contributed by atoms with E-state index in [1.54, 1.807) is 6.92 Å². The second kappa shape index (κ2) is 7.04. The number of benzene rings is 1. The molecule has 0 amide bonds. The summed E-state index contributed by atoms with van der Waals surface area (Å²) in [5, 5.41) is 0. The van der Waals surface area contributed by atoms with Crippen molar-refractivity contribution < 1.29 is 9.53 Å². The lowest BCUT2D eigenvalue weighted by molar-refractivity contribution is -0.142. The number of ether oxygens (including phenoxy) is 1. The van der Waals surface area contributed by atoms with E-state index in [-0.39, 0.29) is 12.4 Å². The molecule has 0 radical (unpaired) electrons. The van der Waals surface area contributed by atoms with Crippen molar-refractivity contribution in [3.05, 3.63) is 46.1 Å². The van der Waals surface area contributed by atoms with Gasteiger partial charge in [-0.2, -0.15) is 0 Å². The number of hydrogen-bond acceptors (Lipinski definition) is 2. The van der Waals surface area contributed by atoms with Gasteiger partial charge < -0.3 is 4.74 Å². The third kappa shape index (κ3) is 4.96. The quantitative estimate of drug-likeness (QED) is 0.623. The van der Waals surface area contributed by atoms with E-state index in [4.69, 9.17) is 4.74 Å². The van der Waals surface area contributed by atoms with E-state index in [1.165, 1.54) is 0 Å². The van der Waals surface area contributed by atoms with Crippen molar-refractivity contribution in [1.29, 1.82) is 0 Å². The van der Waals surface area contributed by atoms with Gasteiger partial charge in [-0.25, -0.2) is 0 Å². The first-order valence-electron chi connectivity index (χ1n) is 5.04. The minimum atomic E-state index is -0.247. The molecule has 0 saturated heterocycles. The second-order valence-corrected chi connectivity index (χ2v) is 4.04. The SMILES string of the molecule is CCOC(=O)CC(Br)=C=Cc1ccccc1. The average molecular weight is 281 g/mol. The van der Waals surface area contributed by atoms with Gasteiger partial charge in [-0.3, -0.25) is 4.79 Å². The topological polar surface area (TPSA) is 26.3 Å². The molecule has 1 aromatic rings. The second-order valence-electron chi connectivity index (χ2n) is 3.09. The summed E-state index contributed by atoms with van der Waals surface area (Å²) in [5.41, 5.74) is 4.04. The van der Waals surface area contributed by atoms with Crippen LogP contribution in [-0.2, 0) is 9.53 Å². The lowest BCUT2D eigenvalue weighted by atomic mass is 10.2. The van der Waals surface area contributed by atoms with Gasteiger partial charge in [0.05, 0.1) is 13.0 Å². The van der Waals surface area contributed by atoms with Gasteiger partial charge in [0.2, 0.25) is 0 Å². The molecule has 0 saturated carbocycles. The molecular formula is C13H13BrO2. The van der Waals surface area contributed by atoms with Crippen LogP contribution in [0.5, 0.6) is 0 Å². The number of esters is 1. The third-order valence-corrected chi connectivity index (χ3v) is 2.31. The Morgan fingerprint density at radius 3 is 2.75 bits per heavy atom. The van der Waals surface area contributed by atoms with E-state index in [0.717, 1.165) is 5.56 Å².